The van der Waals surface area contributed by atoms with Crippen LogP contribution in [0.5, 0.6) is 0 Å². The molecule has 0 atom stereocenters. The number of amides is 2. The molecule has 0 aliphatic heterocycles. The summed E-state index contributed by atoms with van der Waals surface area (Å²) in [6.07, 6.45) is 3.58. The van der Waals surface area contributed by atoms with Gasteiger partial charge in [-0.3, -0.25) is 14.3 Å². The van der Waals surface area contributed by atoms with Gasteiger partial charge < -0.3 is 16.0 Å². The molecule has 2 amide bonds. The minimum atomic E-state index is -0.396. The number of nitrogens with zero attached hydrogens (tertiary/aromatic N) is 2. The zero-order valence-corrected chi connectivity index (χ0v) is 21.6. The van der Waals surface area contributed by atoms with Crippen LogP contribution in [0.15, 0.2) is 50.2 Å². The number of nitrogens with one attached hydrogen (secondary N) is 3. The predicted molar refractivity (Wildman–Crippen MR) is 132 cm³/mol. The summed E-state index contributed by atoms with van der Waals surface area (Å²) in [5.41, 5.74) is 2.58. The van der Waals surface area contributed by atoms with Crippen molar-refractivity contribution in [3.8, 4) is 0 Å². The van der Waals surface area contributed by atoms with Gasteiger partial charge in [-0.05, 0) is 60.5 Å². The van der Waals surface area contributed by atoms with E-state index < -0.39 is 5.91 Å². The highest BCUT2D eigenvalue weighted by molar-refractivity contribution is 9.10. The van der Waals surface area contributed by atoms with Crippen LogP contribution in [0.2, 0.25) is 0 Å². The quantitative estimate of drug-likeness (QED) is 0.390. The third-order valence-electron chi connectivity index (χ3n) is 4.31. The van der Waals surface area contributed by atoms with Gasteiger partial charge in [0.05, 0.1) is 28.5 Å². The summed E-state index contributed by atoms with van der Waals surface area (Å²) < 4.78 is 2.79. The molecule has 1 aromatic heterocycles. The van der Waals surface area contributed by atoms with E-state index in [1.54, 1.807) is 25.3 Å². The number of aryl methyl sites for hydroxylation is 1. The molecule has 31 heavy (non-hydrogen) atoms. The number of rotatable bonds is 8. The van der Waals surface area contributed by atoms with E-state index in [-0.39, 0.29) is 12.5 Å². The van der Waals surface area contributed by atoms with E-state index in [0.29, 0.717) is 38.8 Å². The lowest BCUT2D eigenvalue weighted by Crippen LogP contribution is -2.26. The monoisotopic (exact) mass is 571 g/mol. The van der Waals surface area contributed by atoms with Crippen LogP contribution in [-0.2, 0) is 6.54 Å². The maximum absolute atomic E-state index is 13.2. The van der Waals surface area contributed by atoms with E-state index in [0.717, 1.165) is 10.0 Å². The molecule has 0 fully saturated rings. The number of hydrogen-bond donors (Lipinski definition) is 3. The molecular weight excluding hydrogens is 550 g/mol. The van der Waals surface area contributed by atoms with Gasteiger partial charge in [-0.25, -0.2) is 0 Å². The van der Waals surface area contributed by atoms with Gasteiger partial charge >= 0.3 is 0 Å². The molecule has 10 heteroatoms. The van der Waals surface area contributed by atoms with Gasteiger partial charge in [-0.1, -0.05) is 33.6 Å². The maximum Gasteiger partial charge on any atom is 0.274 e. The van der Waals surface area contributed by atoms with E-state index in [1.165, 1.54) is 4.68 Å². The average molecular weight is 574 g/mol. The van der Waals surface area contributed by atoms with E-state index in [2.05, 4.69) is 52.9 Å². The number of carbonyl (C=O) groups is 2. The summed E-state index contributed by atoms with van der Waals surface area (Å²) in [6, 6.07) is 5.13. The number of benzene rings is 1. The molecule has 0 saturated carbocycles. The van der Waals surface area contributed by atoms with Crippen molar-refractivity contribution < 1.29 is 9.59 Å². The standard InChI is InChI=1S/C21H24Br2ClN5O2/c1-5-7-15(24)16(25-4)11-29-17(10-18(23)28-29)21(31)27-19-12(3)8-13(22)9-14(19)20(30)26-6-2/h5,7-10,25H,6,11H2,1-4H3,(H,26,30)(H,27,31)/b7-5-,16-15+. The Kier molecular flexibility index (Phi) is 9.33. The molecule has 2 rings (SSSR count). The molecule has 3 N–H and O–H groups in total. The molecular formula is C21H24Br2ClN5O2. The molecule has 0 aliphatic carbocycles. The molecule has 2 aromatic rings. The smallest absolute Gasteiger partial charge is 0.274 e. The van der Waals surface area contributed by atoms with Crippen molar-refractivity contribution >= 4 is 61.0 Å². The second-order valence-electron chi connectivity index (χ2n) is 6.55. The number of halogens is 3. The Morgan fingerprint density at radius 3 is 2.55 bits per heavy atom. The fourth-order valence-corrected chi connectivity index (χ4v) is 4.14. The highest BCUT2D eigenvalue weighted by Gasteiger charge is 2.21. The Bertz CT molecular complexity index is 1050. The van der Waals surface area contributed by atoms with Crippen LogP contribution >= 0.6 is 43.5 Å². The van der Waals surface area contributed by atoms with Crippen molar-refractivity contribution in [2.24, 2.45) is 0 Å². The number of likely N-dealkylation sites (N-methyl/N-ethyl adjacent to an activating group) is 1. The van der Waals surface area contributed by atoms with Gasteiger partial charge in [0.2, 0.25) is 0 Å². The second-order valence-corrected chi connectivity index (χ2v) is 8.68. The summed E-state index contributed by atoms with van der Waals surface area (Å²) in [7, 11) is 1.75. The van der Waals surface area contributed by atoms with Crippen molar-refractivity contribution in [1.29, 1.82) is 0 Å². The number of anilines is 1. The van der Waals surface area contributed by atoms with Crippen LogP contribution in [0.1, 0.15) is 40.3 Å². The molecule has 0 bridgehead atoms. The van der Waals surface area contributed by atoms with Gasteiger partial charge in [0.15, 0.2) is 0 Å². The zero-order chi connectivity index (χ0) is 23.1. The summed E-state index contributed by atoms with van der Waals surface area (Å²) in [5.74, 6) is -0.665. The zero-order valence-electron chi connectivity index (χ0n) is 17.6. The Morgan fingerprint density at radius 1 is 1.23 bits per heavy atom. The lowest BCUT2D eigenvalue weighted by Gasteiger charge is -2.16. The van der Waals surface area contributed by atoms with Crippen molar-refractivity contribution in [2.75, 3.05) is 18.9 Å². The number of allylic oxidation sites excluding steroid dienone is 4. The lowest BCUT2D eigenvalue weighted by atomic mass is 10.1. The van der Waals surface area contributed by atoms with Gasteiger partial charge in [0.25, 0.3) is 11.8 Å². The van der Waals surface area contributed by atoms with Gasteiger partial charge in [-0.15, -0.1) is 0 Å². The van der Waals surface area contributed by atoms with E-state index in [4.69, 9.17) is 11.6 Å². The summed E-state index contributed by atoms with van der Waals surface area (Å²) in [4.78, 5) is 25.7. The number of hydrogen-bond acceptors (Lipinski definition) is 4. The fraction of sp³-hybridized carbons (Fsp3) is 0.286. The van der Waals surface area contributed by atoms with Crippen LogP contribution < -0.4 is 16.0 Å². The van der Waals surface area contributed by atoms with Crippen LogP contribution in [0.4, 0.5) is 5.69 Å². The second kappa shape index (κ2) is 11.5. The fourth-order valence-electron chi connectivity index (χ4n) is 2.88. The van der Waals surface area contributed by atoms with Gasteiger partial charge in [0.1, 0.15) is 10.3 Å². The largest absolute Gasteiger partial charge is 0.389 e. The SMILES string of the molecule is C/C=C\C(Cl)=C(\Cn1nc(Br)cc1C(=O)Nc1c(C)cc(Br)cc1C(=O)NCC)NC. The van der Waals surface area contributed by atoms with Crippen molar-refractivity contribution in [3.05, 3.63) is 67.0 Å². The third kappa shape index (κ3) is 6.44. The highest BCUT2D eigenvalue weighted by atomic mass is 79.9. The van der Waals surface area contributed by atoms with Crippen molar-refractivity contribution in [2.45, 2.75) is 27.3 Å². The number of carbonyl (C=O) groups excluding carboxylic acids is 2. The first-order valence-electron chi connectivity index (χ1n) is 9.53. The molecule has 0 radical (unpaired) electrons. The summed E-state index contributed by atoms with van der Waals surface area (Å²) >= 11 is 13.1. The Hall–Kier alpha value is -2.10. The molecule has 0 aliphatic rings. The summed E-state index contributed by atoms with van der Waals surface area (Å²) in [5, 5.41) is 13.6. The van der Waals surface area contributed by atoms with E-state index in [9.17, 15) is 9.59 Å². The normalized spacial score (nSPS) is 12.0. The first-order valence-corrected chi connectivity index (χ1v) is 11.5. The Morgan fingerprint density at radius 2 is 1.94 bits per heavy atom. The Balaban J connectivity index is 2.43. The third-order valence-corrected chi connectivity index (χ3v) is 5.51. The van der Waals surface area contributed by atoms with Crippen LogP contribution in [0, 0.1) is 6.92 Å². The molecule has 1 heterocycles. The van der Waals surface area contributed by atoms with Gasteiger partial charge in [0, 0.05) is 24.1 Å². The van der Waals surface area contributed by atoms with Crippen molar-refractivity contribution in [1.82, 2.24) is 20.4 Å². The molecule has 0 unspecified atom stereocenters. The summed E-state index contributed by atoms with van der Waals surface area (Å²) in [6.45, 7) is 6.27. The van der Waals surface area contributed by atoms with Gasteiger partial charge in [-0.2, -0.15) is 5.10 Å². The van der Waals surface area contributed by atoms with Crippen LogP contribution in [0.3, 0.4) is 0 Å². The molecule has 7 nitrogen and oxygen atoms in total. The molecule has 1 aromatic carbocycles. The first kappa shape index (κ1) is 25.2. The number of aromatic nitrogens is 2. The molecule has 0 saturated heterocycles. The van der Waals surface area contributed by atoms with Crippen molar-refractivity contribution in [3.63, 3.8) is 0 Å². The minimum Gasteiger partial charge on any atom is -0.389 e. The topological polar surface area (TPSA) is 88.0 Å². The minimum absolute atomic E-state index is 0.260. The predicted octanol–water partition coefficient (Wildman–Crippen LogP) is 4.96. The van der Waals surface area contributed by atoms with Crippen LogP contribution in [-0.4, -0.2) is 35.2 Å². The molecule has 0 spiro atoms. The average Bonchev–Trinajstić information content (AvgIpc) is 3.08. The van der Waals surface area contributed by atoms with E-state index in [1.807, 2.05) is 32.9 Å². The highest BCUT2D eigenvalue weighted by Crippen LogP contribution is 2.27. The van der Waals surface area contributed by atoms with Crippen LogP contribution in [0.25, 0.3) is 0 Å². The van der Waals surface area contributed by atoms with E-state index >= 15 is 0 Å². The maximum atomic E-state index is 13.2. The molecule has 166 valence electrons. The Labute approximate surface area is 203 Å². The lowest BCUT2D eigenvalue weighted by molar-refractivity contribution is 0.0956. The first-order chi connectivity index (χ1) is 14.7.